The first-order chi connectivity index (χ1) is 18.5. The molecule has 2 aromatic heterocycles. The van der Waals surface area contributed by atoms with E-state index in [0.717, 1.165) is 25.7 Å². The molecule has 1 amide bonds. The highest BCUT2D eigenvalue weighted by Crippen LogP contribution is 2.40. The molecule has 0 bridgehead atoms. The fourth-order valence-corrected chi connectivity index (χ4v) is 6.06. The van der Waals surface area contributed by atoms with E-state index >= 15 is 0 Å². The molecule has 0 unspecified atom stereocenters. The number of hydrogen-bond acceptors (Lipinski definition) is 6. The van der Waals surface area contributed by atoms with Crippen LogP contribution in [0.2, 0.25) is 0 Å². The van der Waals surface area contributed by atoms with Crippen LogP contribution in [0.4, 0.5) is 10.1 Å². The van der Waals surface area contributed by atoms with Gasteiger partial charge in [0, 0.05) is 29.8 Å². The molecule has 9 heteroatoms. The number of halogens is 1. The SMILES string of the molecule is O=C(Cc1ccccc1)NC(=S)Nc1ccc(Oc2ccnc3cc(SCc4ccccc4)sc23)c(F)c1. The monoisotopic (exact) mass is 559 g/mol. The number of fused-ring (bicyclic) bond motifs is 1. The van der Waals surface area contributed by atoms with Crippen LogP contribution in [-0.4, -0.2) is 16.0 Å². The summed E-state index contributed by atoms with van der Waals surface area (Å²) in [6.45, 7) is 0. The van der Waals surface area contributed by atoms with Gasteiger partial charge in [0.25, 0.3) is 0 Å². The summed E-state index contributed by atoms with van der Waals surface area (Å²) in [4.78, 5) is 16.7. The number of anilines is 1. The number of carbonyl (C=O) groups is 1. The number of aromatic nitrogens is 1. The maximum atomic E-state index is 14.9. The second kappa shape index (κ2) is 12.2. The van der Waals surface area contributed by atoms with Crippen molar-refractivity contribution in [2.75, 3.05) is 5.32 Å². The Morgan fingerprint density at radius 2 is 1.68 bits per heavy atom. The quantitative estimate of drug-likeness (QED) is 0.151. The van der Waals surface area contributed by atoms with Crippen molar-refractivity contribution in [3.8, 4) is 11.5 Å². The zero-order valence-electron chi connectivity index (χ0n) is 20.0. The van der Waals surface area contributed by atoms with Crippen molar-refractivity contribution in [3.63, 3.8) is 0 Å². The standard InChI is InChI=1S/C29H22FN3O2S3/c30-22-16-21(32-29(36)33-26(34)15-19-7-3-1-4-8-19)11-12-24(22)35-25-13-14-31-23-17-27(38-28(23)25)37-18-20-9-5-2-6-10-20/h1-14,16-17H,15,18H2,(H2,32,33,34,36). The van der Waals surface area contributed by atoms with E-state index in [4.69, 9.17) is 17.0 Å². The molecule has 0 radical (unpaired) electrons. The minimum absolute atomic E-state index is 0.0778. The van der Waals surface area contributed by atoms with Crippen LogP contribution in [0.3, 0.4) is 0 Å². The summed E-state index contributed by atoms with van der Waals surface area (Å²) in [6, 6.07) is 27.8. The van der Waals surface area contributed by atoms with Crippen LogP contribution in [0.15, 0.2) is 101 Å². The minimum atomic E-state index is -0.561. The predicted octanol–water partition coefficient (Wildman–Crippen LogP) is 7.58. The van der Waals surface area contributed by atoms with Crippen LogP contribution in [0, 0.1) is 5.82 Å². The summed E-state index contributed by atoms with van der Waals surface area (Å²) in [5, 5.41) is 5.55. The van der Waals surface area contributed by atoms with Crippen molar-refractivity contribution in [3.05, 3.63) is 114 Å². The third-order valence-corrected chi connectivity index (χ3v) is 8.07. The second-order valence-corrected chi connectivity index (χ2v) is 11.0. The molecule has 2 heterocycles. The highest BCUT2D eigenvalue weighted by molar-refractivity contribution is 8.00. The maximum absolute atomic E-state index is 14.9. The molecular formula is C29H22FN3O2S3. The van der Waals surface area contributed by atoms with E-state index in [2.05, 4.69) is 27.8 Å². The van der Waals surface area contributed by atoms with Crippen LogP contribution < -0.4 is 15.4 Å². The summed E-state index contributed by atoms with van der Waals surface area (Å²) in [6.07, 6.45) is 1.85. The van der Waals surface area contributed by atoms with E-state index in [9.17, 15) is 9.18 Å². The Labute approximate surface area is 233 Å². The Bertz CT molecular complexity index is 1580. The van der Waals surface area contributed by atoms with Gasteiger partial charge in [-0.1, -0.05) is 60.7 Å². The molecule has 0 atom stereocenters. The predicted molar refractivity (Wildman–Crippen MR) is 157 cm³/mol. The highest BCUT2D eigenvalue weighted by Gasteiger charge is 2.14. The van der Waals surface area contributed by atoms with Gasteiger partial charge in [-0.05, 0) is 41.5 Å². The molecule has 0 saturated heterocycles. The highest BCUT2D eigenvalue weighted by atomic mass is 32.2. The molecule has 0 aliphatic rings. The normalized spacial score (nSPS) is 10.8. The summed E-state index contributed by atoms with van der Waals surface area (Å²) < 4.78 is 22.8. The van der Waals surface area contributed by atoms with Gasteiger partial charge in [-0.3, -0.25) is 9.78 Å². The molecule has 38 heavy (non-hydrogen) atoms. The first-order valence-electron chi connectivity index (χ1n) is 11.7. The molecule has 190 valence electrons. The second-order valence-electron chi connectivity index (χ2n) is 8.28. The number of carbonyl (C=O) groups excluding carboxylic acids is 1. The number of nitrogens with one attached hydrogen (secondary N) is 2. The van der Waals surface area contributed by atoms with Gasteiger partial charge in [0.05, 0.1) is 20.8 Å². The van der Waals surface area contributed by atoms with Crippen LogP contribution >= 0.6 is 35.3 Å². The lowest BCUT2D eigenvalue weighted by Gasteiger charge is -2.12. The van der Waals surface area contributed by atoms with Gasteiger partial charge in [0.1, 0.15) is 5.75 Å². The third-order valence-electron chi connectivity index (χ3n) is 5.45. The Morgan fingerprint density at radius 1 is 0.947 bits per heavy atom. The van der Waals surface area contributed by atoms with Crippen molar-refractivity contribution < 1.29 is 13.9 Å². The van der Waals surface area contributed by atoms with Gasteiger partial charge >= 0.3 is 0 Å². The third kappa shape index (κ3) is 6.74. The Morgan fingerprint density at radius 3 is 2.42 bits per heavy atom. The molecule has 3 aromatic carbocycles. The van der Waals surface area contributed by atoms with Gasteiger partial charge in [-0.15, -0.1) is 23.1 Å². The summed E-state index contributed by atoms with van der Waals surface area (Å²) in [7, 11) is 0. The van der Waals surface area contributed by atoms with Gasteiger partial charge in [0.15, 0.2) is 16.7 Å². The van der Waals surface area contributed by atoms with Crippen molar-refractivity contribution in [1.29, 1.82) is 0 Å². The smallest absolute Gasteiger partial charge is 0.230 e. The molecule has 0 aliphatic carbocycles. The summed E-state index contributed by atoms with van der Waals surface area (Å²) >= 11 is 8.51. The van der Waals surface area contributed by atoms with E-state index in [1.54, 1.807) is 41.4 Å². The first-order valence-corrected chi connectivity index (χ1v) is 13.9. The van der Waals surface area contributed by atoms with Crippen molar-refractivity contribution >= 4 is 62.2 Å². The Balaban J connectivity index is 1.22. The molecule has 0 aliphatic heterocycles. The van der Waals surface area contributed by atoms with Gasteiger partial charge in [-0.25, -0.2) is 4.39 Å². The lowest BCUT2D eigenvalue weighted by atomic mass is 10.1. The number of amides is 1. The molecular weight excluding hydrogens is 538 g/mol. The van der Waals surface area contributed by atoms with Gasteiger partial charge in [-0.2, -0.15) is 0 Å². The number of pyridine rings is 1. The van der Waals surface area contributed by atoms with Crippen LogP contribution in [0.25, 0.3) is 10.2 Å². The number of thiophene rings is 1. The zero-order valence-corrected chi connectivity index (χ0v) is 22.5. The summed E-state index contributed by atoms with van der Waals surface area (Å²) in [5.74, 6) is 0.646. The van der Waals surface area contributed by atoms with Crippen molar-refractivity contribution in [2.45, 2.75) is 16.4 Å². The fourth-order valence-electron chi connectivity index (χ4n) is 3.67. The molecule has 0 fully saturated rings. The number of nitrogens with zero attached hydrogens (tertiary/aromatic N) is 1. The van der Waals surface area contributed by atoms with E-state index in [1.807, 2.05) is 54.6 Å². The van der Waals surface area contributed by atoms with E-state index in [1.165, 1.54) is 17.7 Å². The lowest BCUT2D eigenvalue weighted by Crippen LogP contribution is -2.35. The molecule has 5 aromatic rings. The number of ether oxygens (including phenoxy) is 1. The summed E-state index contributed by atoms with van der Waals surface area (Å²) in [5.41, 5.74) is 3.32. The first kappa shape index (κ1) is 25.8. The molecule has 5 rings (SSSR count). The van der Waals surface area contributed by atoms with Crippen LogP contribution in [0.1, 0.15) is 11.1 Å². The number of thiocarbonyl (C=S) groups is 1. The van der Waals surface area contributed by atoms with E-state index < -0.39 is 5.82 Å². The largest absolute Gasteiger partial charge is 0.453 e. The van der Waals surface area contributed by atoms with Crippen molar-refractivity contribution in [1.82, 2.24) is 10.3 Å². The topological polar surface area (TPSA) is 63.2 Å². The average Bonchev–Trinajstić information content (AvgIpc) is 3.34. The van der Waals surface area contributed by atoms with E-state index in [0.29, 0.717) is 11.4 Å². The maximum Gasteiger partial charge on any atom is 0.230 e. The number of thioether (sulfide) groups is 1. The molecule has 2 N–H and O–H groups in total. The number of benzene rings is 3. The minimum Gasteiger partial charge on any atom is -0.453 e. The van der Waals surface area contributed by atoms with Crippen LogP contribution in [0.5, 0.6) is 11.5 Å². The fraction of sp³-hybridized carbons (Fsp3) is 0.0690. The Kier molecular flexibility index (Phi) is 8.28. The van der Waals surface area contributed by atoms with Crippen LogP contribution in [-0.2, 0) is 17.0 Å². The number of rotatable bonds is 8. The van der Waals surface area contributed by atoms with Crippen molar-refractivity contribution in [2.24, 2.45) is 0 Å². The molecule has 5 nitrogen and oxygen atoms in total. The van der Waals surface area contributed by atoms with Gasteiger partial charge < -0.3 is 15.4 Å². The van der Waals surface area contributed by atoms with Gasteiger partial charge in [0.2, 0.25) is 5.91 Å². The number of hydrogen-bond donors (Lipinski definition) is 2. The average molecular weight is 560 g/mol. The molecule has 0 saturated carbocycles. The van der Waals surface area contributed by atoms with E-state index in [-0.39, 0.29) is 23.2 Å². The molecule has 0 spiro atoms. The Hall–Kier alpha value is -3.79. The zero-order chi connectivity index (χ0) is 26.3. The lowest BCUT2D eigenvalue weighted by molar-refractivity contribution is -0.119.